The molecular formula is C13H19N3O3. The normalized spacial score (nSPS) is 13.5. The number of ether oxygens (including phenoxy) is 1. The molecule has 0 bridgehead atoms. The lowest BCUT2D eigenvalue weighted by Crippen LogP contribution is -2.42. The van der Waals surface area contributed by atoms with Gasteiger partial charge in [-0.25, -0.2) is 4.79 Å². The molecule has 6 heteroatoms. The van der Waals surface area contributed by atoms with E-state index in [0.29, 0.717) is 5.75 Å². The number of hydrogen-bond donors (Lipinski definition) is 3. The molecule has 0 aliphatic heterocycles. The molecule has 19 heavy (non-hydrogen) atoms. The maximum atomic E-state index is 11.5. The quantitative estimate of drug-likeness (QED) is 0.754. The highest BCUT2D eigenvalue weighted by Gasteiger charge is 2.17. The number of hydrogen-bond acceptors (Lipinski definition) is 4. The van der Waals surface area contributed by atoms with Crippen LogP contribution in [0.15, 0.2) is 18.2 Å². The van der Waals surface area contributed by atoms with Gasteiger partial charge in [0.25, 0.3) is 5.91 Å². The van der Waals surface area contributed by atoms with Crippen LogP contribution in [0.25, 0.3) is 0 Å². The number of primary amides is 1. The van der Waals surface area contributed by atoms with Gasteiger partial charge >= 0.3 is 6.03 Å². The van der Waals surface area contributed by atoms with Crippen molar-refractivity contribution in [1.82, 2.24) is 5.32 Å². The zero-order valence-corrected chi connectivity index (χ0v) is 11.3. The summed E-state index contributed by atoms with van der Waals surface area (Å²) in [6.07, 6.45) is -0.813. The van der Waals surface area contributed by atoms with E-state index in [4.69, 9.17) is 16.2 Å². The van der Waals surface area contributed by atoms with E-state index in [1.807, 2.05) is 31.3 Å². The zero-order valence-electron chi connectivity index (χ0n) is 11.3. The van der Waals surface area contributed by atoms with Crippen LogP contribution in [0.3, 0.4) is 0 Å². The van der Waals surface area contributed by atoms with Gasteiger partial charge in [-0.3, -0.25) is 10.1 Å². The molecule has 1 unspecified atom stereocenters. The van der Waals surface area contributed by atoms with Crippen LogP contribution >= 0.6 is 0 Å². The van der Waals surface area contributed by atoms with E-state index in [9.17, 15) is 9.59 Å². The molecule has 0 aromatic heterocycles. The first-order valence-corrected chi connectivity index (χ1v) is 5.94. The Labute approximate surface area is 112 Å². The Bertz CT molecular complexity index is 486. The van der Waals surface area contributed by atoms with Gasteiger partial charge in [0.1, 0.15) is 5.75 Å². The standard InChI is InChI=1S/C13H19N3O3/c1-7-6-10(8(2)14)4-5-11(7)19-9(3)12(17)16-13(15)18/h4-6,8-9H,14H2,1-3H3,(H3,15,16,17,18)/t8-,9?/m1/s1. The first kappa shape index (κ1) is 15.0. The van der Waals surface area contributed by atoms with Gasteiger partial charge in [-0.15, -0.1) is 0 Å². The summed E-state index contributed by atoms with van der Waals surface area (Å²) in [4.78, 5) is 22.1. The molecule has 104 valence electrons. The van der Waals surface area contributed by atoms with Crippen molar-refractivity contribution >= 4 is 11.9 Å². The van der Waals surface area contributed by atoms with E-state index in [1.165, 1.54) is 6.92 Å². The first-order chi connectivity index (χ1) is 8.81. The molecule has 5 N–H and O–H groups in total. The van der Waals surface area contributed by atoms with Crippen molar-refractivity contribution < 1.29 is 14.3 Å². The lowest BCUT2D eigenvalue weighted by molar-refractivity contribution is -0.126. The molecular weight excluding hydrogens is 246 g/mol. The van der Waals surface area contributed by atoms with Crippen molar-refractivity contribution in [2.75, 3.05) is 0 Å². The molecule has 0 spiro atoms. The van der Waals surface area contributed by atoms with Crippen molar-refractivity contribution in [3.05, 3.63) is 29.3 Å². The van der Waals surface area contributed by atoms with Crippen molar-refractivity contribution in [3.8, 4) is 5.75 Å². The summed E-state index contributed by atoms with van der Waals surface area (Å²) in [5.41, 5.74) is 12.5. The third-order valence-electron chi connectivity index (χ3n) is 2.64. The van der Waals surface area contributed by atoms with Crippen molar-refractivity contribution in [2.45, 2.75) is 32.9 Å². The van der Waals surface area contributed by atoms with Gasteiger partial charge in [-0.1, -0.05) is 12.1 Å². The monoisotopic (exact) mass is 265 g/mol. The van der Waals surface area contributed by atoms with E-state index >= 15 is 0 Å². The molecule has 1 rings (SSSR count). The fraction of sp³-hybridized carbons (Fsp3) is 0.385. The van der Waals surface area contributed by atoms with Gasteiger partial charge in [0, 0.05) is 6.04 Å². The van der Waals surface area contributed by atoms with Gasteiger partial charge in [0.15, 0.2) is 6.10 Å². The number of benzene rings is 1. The van der Waals surface area contributed by atoms with Gasteiger partial charge in [0.2, 0.25) is 0 Å². The predicted octanol–water partition coefficient (Wildman–Crippen LogP) is 0.977. The SMILES string of the molecule is Cc1cc([C@@H](C)N)ccc1OC(C)C(=O)NC(N)=O. The fourth-order valence-electron chi connectivity index (χ4n) is 1.56. The second kappa shape index (κ2) is 6.19. The maximum Gasteiger partial charge on any atom is 0.318 e. The molecule has 0 radical (unpaired) electrons. The first-order valence-electron chi connectivity index (χ1n) is 5.94. The molecule has 0 aliphatic rings. The Morgan fingerprint density at radius 3 is 2.42 bits per heavy atom. The van der Waals surface area contributed by atoms with Gasteiger partial charge in [0.05, 0.1) is 0 Å². The third-order valence-corrected chi connectivity index (χ3v) is 2.64. The summed E-state index contributed by atoms with van der Waals surface area (Å²) < 4.78 is 5.48. The number of carbonyl (C=O) groups excluding carboxylic acids is 2. The minimum absolute atomic E-state index is 0.0664. The Balaban J connectivity index is 2.77. The Morgan fingerprint density at radius 2 is 1.95 bits per heavy atom. The minimum atomic E-state index is -0.899. The van der Waals surface area contributed by atoms with Crippen molar-refractivity contribution in [2.24, 2.45) is 11.5 Å². The van der Waals surface area contributed by atoms with Crippen LogP contribution in [0.4, 0.5) is 4.79 Å². The summed E-state index contributed by atoms with van der Waals surface area (Å²) in [6, 6.07) is 4.53. The molecule has 0 aliphatic carbocycles. The van der Waals surface area contributed by atoms with Gasteiger partial charge in [-0.2, -0.15) is 0 Å². The number of nitrogens with two attached hydrogens (primary N) is 2. The highest BCUT2D eigenvalue weighted by molar-refractivity contribution is 5.95. The highest BCUT2D eigenvalue weighted by Crippen LogP contribution is 2.22. The van der Waals surface area contributed by atoms with E-state index < -0.39 is 18.0 Å². The largest absolute Gasteiger partial charge is 0.481 e. The second-order valence-electron chi connectivity index (χ2n) is 4.43. The van der Waals surface area contributed by atoms with Crippen molar-refractivity contribution in [1.29, 1.82) is 0 Å². The molecule has 2 atom stereocenters. The van der Waals surface area contributed by atoms with E-state index in [0.717, 1.165) is 11.1 Å². The molecule has 0 fully saturated rings. The van der Waals surface area contributed by atoms with Crippen LogP contribution in [-0.2, 0) is 4.79 Å². The third kappa shape index (κ3) is 4.26. The second-order valence-corrected chi connectivity index (χ2v) is 4.43. The van der Waals surface area contributed by atoms with Gasteiger partial charge < -0.3 is 16.2 Å². The van der Waals surface area contributed by atoms with E-state index in [1.54, 1.807) is 6.07 Å². The summed E-state index contributed by atoms with van der Waals surface area (Å²) >= 11 is 0. The predicted molar refractivity (Wildman–Crippen MR) is 71.6 cm³/mol. The summed E-state index contributed by atoms with van der Waals surface area (Å²) in [6.45, 7) is 5.29. The Morgan fingerprint density at radius 1 is 1.32 bits per heavy atom. The Kier molecular flexibility index (Phi) is 4.88. The average molecular weight is 265 g/mol. The van der Waals surface area contributed by atoms with Crippen LogP contribution in [0, 0.1) is 6.92 Å². The van der Waals surface area contributed by atoms with Crippen LogP contribution in [-0.4, -0.2) is 18.0 Å². The topological polar surface area (TPSA) is 107 Å². The van der Waals surface area contributed by atoms with Crippen LogP contribution in [0.5, 0.6) is 5.75 Å². The number of nitrogens with one attached hydrogen (secondary N) is 1. The molecule has 6 nitrogen and oxygen atoms in total. The minimum Gasteiger partial charge on any atom is -0.481 e. The van der Waals surface area contributed by atoms with Crippen LogP contribution < -0.4 is 21.5 Å². The number of rotatable bonds is 4. The number of aryl methyl sites for hydroxylation is 1. The van der Waals surface area contributed by atoms with Crippen LogP contribution in [0.1, 0.15) is 31.0 Å². The summed E-state index contributed by atoms with van der Waals surface area (Å²) in [7, 11) is 0. The number of amides is 3. The van der Waals surface area contributed by atoms with Gasteiger partial charge in [-0.05, 0) is 38.0 Å². The summed E-state index contributed by atoms with van der Waals surface area (Å²) in [5, 5.41) is 1.97. The smallest absolute Gasteiger partial charge is 0.318 e. The number of urea groups is 1. The highest BCUT2D eigenvalue weighted by atomic mass is 16.5. The number of carbonyl (C=O) groups is 2. The molecule has 0 heterocycles. The maximum absolute atomic E-state index is 11.5. The lowest BCUT2D eigenvalue weighted by atomic mass is 10.1. The molecule has 1 aromatic carbocycles. The molecule has 3 amide bonds. The van der Waals surface area contributed by atoms with E-state index in [2.05, 4.69) is 0 Å². The van der Waals surface area contributed by atoms with E-state index in [-0.39, 0.29) is 6.04 Å². The Hall–Kier alpha value is -2.08. The summed E-state index contributed by atoms with van der Waals surface area (Å²) in [5.74, 6) is -0.0142. The van der Waals surface area contributed by atoms with Crippen LogP contribution in [0.2, 0.25) is 0 Å². The molecule has 0 saturated carbocycles. The molecule has 1 aromatic rings. The zero-order chi connectivity index (χ0) is 14.6. The lowest BCUT2D eigenvalue weighted by Gasteiger charge is -2.16. The van der Waals surface area contributed by atoms with Crippen molar-refractivity contribution in [3.63, 3.8) is 0 Å². The molecule has 0 saturated heterocycles. The number of imide groups is 1. The average Bonchev–Trinajstić information content (AvgIpc) is 2.30. The fourth-order valence-corrected chi connectivity index (χ4v) is 1.56.